The van der Waals surface area contributed by atoms with E-state index in [1.54, 1.807) is 0 Å². The Bertz CT molecular complexity index is 526. The Balaban J connectivity index is 2.82. The third-order valence-corrected chi connectivity index (χ3v) is 7.42. The number of aliphatic carboxylic acids is 1. The van der Waals surface area contributed by atoms with Gasteiger partial charge in [-0.25, -0.2) is 16.8 Å². The number of thioether (sulfide) groups is 1. The number of rotatable bonds is 6. The number of carboxylic acid groups (broad SMARTS) is 1. The molecule has 0 spiro atoms. The van der Waals surface area contributed by atoms with Crippen LogP contribution in [0.15, 0.2) is 0 Å². The fraction of sp³-hybridized carbons (Fsp3) is 0.889. The van der Waals surface area contributed by atoms with Gasteiger partial charge in [0.2, 0.25) is 10.0 Å². The molecule has 0 aromatic rings. The first-order valence-corrected chi connectivity index (χ1v) is 10.3. The topological polar surface area (TPSA) is 109 Å². The Morgan fingerprint density at radius 1 is 1.37 bits per heavy atom. The molecule has 10 heteroatoms. The number of carbonyl (C=O) groups is 1. The molecule has 0 aliphatic carbocycles. The molecule has 0 aromatic carbocycles. The number of sulfone groups is 1. The molecule has 0 bridgehead atoms. The molecule has 1 aliphatic rings. The summed E-state index contributed by atoms with van der Waals surface area (Å²) in [7, 11) is -7.22. The average molecular weight is 331 g/mol. The maximum absolute atomic E-state index is 12.1. The van der Waals surface area contributed by atoms with Crippen LogP contribution >= 0.6 is 11.8 Å². The van der Waals surface area contributed by atoms with Crippen LogP contribution in [-0.4, -0.2) is 67.6 Å². The summed E-state index contributed by atoms with van der Waals surface area (Å²) in [4.78, 5) is 10.4. The highest BCUT2D eigenvalue weighted by molar-refractivity contribution is 8.01. The van der Waals surface area contributed by atoms with Crippen LogP contribution in [0.4, 0.5) is 0 Å². The Morgan fingerprint density at radius 2 is 2.00 bits per heavy atom. The van der Waals surface area contributed by atoms with Gasteiger partial charge in [-0.2, -0.15) is 16.1 Å². The zero-order valence-corrected chi connectivity index (χ0v) is 12.9. The van der Waals surface area contributed by atoms with Gasteiger partial charge in [-0.1, -0.05) is 0 Å². The molecule has 0 saturated carbocycles. The first kappa shape index (κ1) is 16.7. The van der Waals surface area contributed by atoms with E-state index < -0.39 is 31.2 Å². The molecular formula is C9H17NO6S3. The molecule has 1 saturated heterocycles. The van der Waals surface area contributed by atoms with Crippen LogP contribution in [0.2, 0.25) is 0 Å². The Hall–Kier alpha value is -0.320. The molecule has 0 amide bonds. The predicted octanol–water partition coefficient (Wildman–Crippen LogP) is -0.399. The third-order valence-electron chi connectivity index (χ3n) is 2.68. The van der Waals surface area contributed by atoms with Crippen molar-refractivity contribution < 1.29 is 26.7 Å². The summed E-state index contributed by atoms with van der Waals surface area (Å²) < 4.78 is 48.4. The van der Waals surface area contributed by atoms with Gasteiger partial charge in [0.15, 0.2) is 9.84 Å². The van der Waals surface area contributed by atoms with Crippen LogP contribution in [0.1, 0.15) is 12.8 Å². The largest absolute Gasteiger partial charge is 0.481 e. The standard InChI is InChI=1S/C9H17NO6S3/c1-18(13,14)8-7-17-5-4-10(8)19(15,16)6-2-3-9(11)12/h8H,2-7H2,1H3,(H,11,12). The molecule has 112 valence electrons. The lowest BCUT2D eigenvalue weighted by Crippen LogP contribution is -2.50. The van der Waals surface area contributed by atoms with E-state index >= 15 is 0 Å². The summed E-state index contributed by atoms with van der Waals surface area (Å²) in [6.45, 7) is 0.151. The highest BCUT2D eigenvalue weighted by atomic mass is 32.2. The Morgan fingerprint density at radius 3 is 2.53 bits per heavy atom. The van der Waals surface area contributed by atoms with E-state index in [4.69, 9.17) is 5.11 Å². The predicted molar refractivity (Wildman–Crippen MR) is 73.3 cm³/mol. The average Bonchev–Trinajstić information content (AvgIpc) is 2.27. The maximum atomic E-state index is 12.1. The van der Waals surface area contributed by atoms with Crippen molar-refractivity contribution in [3.63, 3.8) is 0 Å². The smallest absolute Gasteiger partial charge is 0.303 e. The van der Waals surface area contributed by atoms with Gasteiger partial charge in [0, 0.05) is 30.7 Å². The summed E-state index contributed by atoms with van der Waals surface area (Å²) in [6, 6.07) is 0. The summed E-state index contributed by atoms with van der Waals surface area (Å²) in [5, 5.41) is 7.45. The summed E-state index contributed by atoms with van der Waals surface area (Å²) in [6.07, 6.45) is 0.756. The number of hydrogen-bond acceptors (Lipinski definition) is 6. The summed E-state index contributed by atoms with van der Waals surface area (Å²) in [5.41, 5.74) is 0. The van der Waals surface area contributed by atoms with Gasteiger partial charge in [-0.05, 0) is 6.42 Å². The minimum absolute atomic E-state index is 0.0161. The zero-order valence-electron chi connectivity index (χ0n) is 10.5. The van der Waals surface area contributed by atoms with Crippen molar-refractivity contribution >= 4 is 37.6 Å². The molecule has 1 rings (SSSR count). The van der Waals surface area contributed by atoms with Crippen molar-refractivity contribution in [3.8, 4) is 0 Å². The van der Waals surface area contributed by atoms with Gasteiger partial charge in [0.05, 0.1) is 5.75 Å². The van der Waals surface area contributed by atoms with E-state index in [9.17, 15) is 21.6 Å². The van der Waals surface area contributed by atoms with Gasteiger partial charge >= 0.3 is 5.97 Å². The molecule has 1 N–H and O–H groups in total. The lowest BCUT2D eigenvalue weighted by molar-refractivity contribution is -0.137. The maximum Gasteiger partial charge on any atom is 0.303 e. The van der Waals surface area contributed by atoms with E-state index in [-0.39, 0.29) is 30.9 Å². The molecule has 0 aromatic heterocycles. The molecule has 0 radical (unpaired) electrons. The fourth-order valence-electron chi connectivity index (χ4n) is 1.74. The van der Waals surface area contributed by atoms with Crippen LogP contribution < -0.4 is 0 Å². The number of nitrogens with zero attached hydrogens (tertiary/aromatic N) is 1. The van der Waals surface area contributed by atoms with E-state index in [1.165, 1.54) is 11.8 Å². The van der Waals surface area contributed by atoms with Crippen molar-refractivity contribution in [2.45, 2.75) is 18.2 Å². The number of sulfonamides is 1. The summed E-state index contributed by atoms with van der Waals surface area (Å²) >= 11 is 1.40. The van der Waals surface area contributed by atoms with Crippen molar-refractivity contribution in [1.29, 1.82) is 0 Å². The van der Waals surface area contributed by atoms with Crippen LogP contribution in [0, 0.1) is 0 Å². The molecule has 1 fully saturated rings. The quantitative estimate of drug-likeness (QED) is 0.705. The van der Waals surface area contributed by atoms with E-state index in [0.29, 0.717) is 5.75 Å². The van der Waals surface area contributed by atoms with Crippen LogP contribution in [-0.2, 0) is 24.7 Å². The Labute approximate surface area is 117 Å². The molecule has 1 aliphatic heterocycles. The monoisotopic (exact) mass is 331 g/mol. The lowest BCUT2D eigenvalue weighted by Gasteiger charge is -2.32. The van der Waals surface area contributed by atoms with Gasteiger partial charge in [-0.3, -0.25) is 4.79 Å². The minimum Gasteiger partial charge on any atom is -0.481 e. The Kier molecular flexibility index (Phi) is 5.65. The van der Waals surface area contributed by atoms with E-state index in [1.807, 2.05) is 0 Å². The minimum atomic E-state index is -3.73. The highest BCUT2D eigenvalue weighted by Crippen LogP contribution is 2.23. The lowest BCUT2D eigenvalue weighted by atomic mass is 10.3. The zero-order chi connectivity index (χ0) is 14.7. The molecule has 1 unspecified atom stereocenters. The second kappa shape index (κ2) is 6.42. The first-order valence-electron chi connectivity index (χ1n) is 5.62. The number of carboxylic acids is 1. The van der Waals surface area contributed by atoms with Crippen LogP contribution in [0.25, 0.3) is 0 Å². The molecule has 1 atom stereocenters. The molecular weight excluding hydrogens is 314 g/mol. The fourth-order valence-corrected chi connectivity index (χ4v) is 7.05. The second-order valence-corrected chi connectivity index (χ2v) is 9.68. The normalized spacial score (nSPS) is 22.3. The molecule has 7 nitrogen and oxygen atoms in total. The van der Waals surface area contributed by atoms with Crippen LogP contribution in [0.5, 0.6) is 0 Å². The van der Waals surface area contributed by atoms with Gasteiger partial charge in [0.25, 0.3) is 0 Å². The van der Waals surface area contributed by atoms with Crippen molar-refractivity contribution in [2.24, 2.45) is 0 Å². The SMILES string of the molecule is CS(=O)(=O)C1CSCCN1S(=O)(=O)CCCC(=O)O. The second-order valence-electron chi connectivity index (χ2n) is 4.28. The van der Waals surface area contributed by atoms with Gasteiger partial charge in [-0.15, -0.1) is 0 Å². The third kappa shape index (κ3) is 4.93. The van der Waals surface area contributed by atoms with Crippen molar-refractivity contribution in [2.75, 3.05) is 30.1 Å². The highest BCUT2D eigenvalue weighted by Gasteiger charge is 2.38. The number of hydrogen-bond donors (Lipinski definition) is 1. The molecule has 19 heavy (non-hydrogen) atoms. The van der Waals surface area contributed by atoms with Crippen molar-refractivity contribution in [3.05, 3.63) is 0 Å². The molecule has 1 heterocycles. The first-order chi connectivity index (χ1) is 8.64. The van der Waals surface area contributed by atoms with E-state index in [2.05, 4.69) is 0 Å². The summed E-state index contributed by atoms with van der Waals surface area (Å²) in [5.74, 6) is -0.638. The van der Waals surface area contributed by atoms with Gasteiger partial charge < -0.3 is 5.11 Å². The van der Waals surface area contributed by atoms with E-state index in [0.717, 1.165) is 10.6 Å². The van der Waals surface area contributed by atoms with Gasteiger partial charge in [0.1, 0.15) is 5.37 Å². The van der Waals surface area contributed by atoms with Crippen molar-refractivity contribution in [1.82, 2.24) is 4.31 Å². The van der Waals surface area contributed by atoms with Crippen LogP contribution in [0.3, 0.4) is 0 Å².